The molecule has 0 radical (unpaired) electrons. The van der Waals surface area contributed by atoms with Gasteiger partial charge < -0.3 is 10.2 Å². The van der Waals surface area contributed by atoms with Crippen LogP contribution < -0.4 is 0 Å². The van der Waals surface area contributed by atoms with Crippen molar-refractivity contribution >= 4 is 5.69 Å². The molecule has 1 rings (SSSR count). The molecule has 1 atom stereocenters. The third-order valence-electron chi connectivity index (χ3n) is 1.91. The summed E-state index contributed by atoms with van der Waals surface area (Å²) in [6, 6.07) is 5.60. The first-order chi connectivity index (χ1) is 7.79. The van der Waals surface area contributed by atoms with Gasteiger partial charge in [-0.1, -0.05) is 24.0 Å². The summed E-state index contributed by atoms with van der Waals surface area (Å²) in [4.78, 5) is 10.00. The van der Waals surface area contributed by atoms with Crippen LogP contribution in [0.15, 0.2) is 24.3 Å². The van der Waals surface area contributed by atoms with Crippen LogP contribution in [-0.2, 0) is 0 Å². The number of hydrogen-bond donors (Lipinski definition) is 2. The number of nitrogens with zero attached hydrogens (tertiary/aromatic N) is 1. The first-order valence-corrected chi connectivity index (χ1v) is 4.97. The van der Waals surface area contributed by atoms with E-state index in [2.05, 4.69) is 11.8 Å². The predicted molar refractivity (Wildman–Crippen MR) is 62.1 cm³/mol. The van der Waals surface area contributed by atoms with Gasteiger partial charge in [0.1, 0.15) is 11.7 Å². The lowest BCUT2D eigenvalue weighted by Crippen LogP contribution is -2.15. The lowest BCUT2D eigenvalue weighted by atomic mass is 10.1. The van der Waals surface area contributed by atoms with Crippen LogP contribution in [0.1, 0.15) is 25.5 Å². The monoisotopic (exact) mass is 235 g/mol. The molecule has 0 fully saturated rings. The van der Waals surface area contributed by atoms with Crippen molar-refractivity contribution in [2.75, 3.05) is 0 Å². The van der Waals surface area contributed by atoms with E-state index in [0.717, 1.165) is 0 Å². The predicted octanol–water partition coefficient (Wildman–Crippen LogP) is 1.40. The molecule has 1 aromatic rings. The molecule has 0 bridgehead atoms. The zero-order chi connectivity index (χ0) is 13.1. The van der Waals surface area contributed by atoms with E-state index in [1.165, 1.54) is 38.1 Å². The molecule has 0 aliphatic carbocycles. The molecule has 0 spiro atoms. The van der Waals surface area contributed by atoms with E-state index < -0.39 is 16.6 Å². The summed E-state index contributed by atoms with van der Waals surface area (Å²) in [5.41, 5.74) is -0.982. The Morgan fingerprint density at radius 2 is 2.12 bits per heavy atom. The minimum absolute atomic E-state index is 0.105. The van der Waals surface area contributed by atoms with Crippen LogP contribution in [0.3, 0.4) is 0 Å². The van der Waals surface area contributed by atoms with Gasteiger partial charge in [0.05, 0.1) is 4.92 Å². The standard InChI is InChI=1S/C12H13NO4/c1-12(2,15)7-6-11(14)9-4-3-5-10(8-9)13(16)17/h3-5,8,11,14-15H,1-2H3. The average molecular weight is 235 g/mol. The SMILES string of the molecule is CC(C)(O)C#CC(O)c1cccc([N+](=O)[O-])c1. The molecular formula is C12H13NO4. The van der Waals surface area contributed by atoms with Gasteiger partial charge >= 0.3 is 0 Å². The molecule has 2 N–H and O–H groups in total. The summed E-state index contributed by atoms with van der Waals surface area (Å²) < 4.78 is 0. The van der Waals surface area contributed by atoms with Gasteiger partial charge in [0.2, 0.25) is 0 Å². The number of nitro groups is 1. The highest BCUT2D eigenvalue weighted by Crippen LogP contribution is 2.18. The maximum absolute atomic E-state index is 10.5. The topological polar surface area (TPSA) is 83.6 Å². The Morgan fingerprint density at radius 1 is 1.47 bits per heavy atom. The van der Waals surface area contributed by atoms with E-state index in [1.807, 2.05) is 0 Å². The van der Waals surface area contributed by atoms with Gasteiger partial charge in [0.15, 0.2) is 0 Å². The molecule has 0 saturated heterocycles. The molecule has 1 aromatic carbocycles. The van der Waals surface area contributed by atoms with Crippen molar-refractivity contribution in [3.05, 3.63) is 39.9 Å². The lowest BCUT2D eigenvalue weighted by Gasteiger charge is -2.08. The molecule has 0 heterocycles. The Kier molecular flexibility index (Phi) is 3.84. The van der Waals surface area contributed by atoms with Crippen molar-refractivity contribution in [2.45, 2.75) is 25.6 Å². The third-order valence-corrected chi connectivity index (χ3v) is 1.91. The molecule has 0 amide bonds. The summed E-state index contributed by atoms with van der Waals surface area (Å²) in [6.07, 6.45) is -1.15. The normalized spacial score (nSPS) is 12.5. The van der Waals surface area contributed by atoms with Gasteiger partial charge in [-0.15, -0.1) is 0 Å². The van der Waals surface area contributed by atoms with Crippen molar-refractivity contribution < 1.29 is 15.1 Å². The number of benzene rings is 1. The summed E-state index contributed by atoms with van der Waals surface area (Å²) in [5, 5.41) is 29.6. The van der Waals surface area contributed by atoms with Crippen molar-refractivity contribution in [1.82, 2.24) is 0 Å². The number of nitro benzene ring substituents is 1. The molecule has 90 valence electrons. The second kappa shape index (κ2) is 4.95. The second-order valence-corrected chi connectivity index (χ2v) is 4.08. The lowest BCUT2D eigenvalue weighted by molar-refractivity contribution is -0.385. The van der Waals surface area contributed by atoms with E-state index in [0.29, 0.717) is 5.56 Å². The molecule has 0 aromatic heterocycles. The smallest absolute Gasteiger partial charge is 0.269 e. The number of aliphatic hydroxyl groups excluding tert-OH is 1. The Hall–Kier alpha value is -1.90. The highest BCUT2D eigenvalue weighted by molar-refractivity contribution is 5.37. The zero-order valence-electron chi connectivity index (χ0n) is 9.54. The number of hydrogen-bond acceptors (Lipinski definition) is 4. The fourth-order valence-corrected chi connectivity index (χ4v) is 1.14. The largest absolute Gasteiger partial charge is 0.378 e. The van der Waals surface area contributed by atoms with Crippen LogP contribution in [0.4, 0.5) is 5.69 Å². The summed E-state index contributed by atoms with van der Waals surface area (Å²) in [7, 11) is 0. The maximum atomic E-state index is 10.5. The van der Waals surface area contributed by atoms with Crippen LogP contribution >= 0.6 is 0 Å². The van der Waals surface area contributed by atoms with Gasteiger partial charge in [-0.3, -0.25) is 10.1 Å². The van der Waals surface area contributed by atoms with E-state index in [-0.39, 0.29) is 5.69 Å². The summed E-state index contributed by atoms with van der Waals surface area (Å²) >= 11 is 0. The third kappa shape index (κ3) is 4.23. The van der Waals surface area contributed by atoms with Gasteiger partial charge in [-0.05, 0) is 19.4 Å². The highest BCUT2D eigenvalue weighted by atomic mass is 16.6. The van der Waals surface area contributed by atoms with Crippen LogP contribution in [0, 0.1) is 22.0 Å². The molecule has 17 heavy (non-hydrogen) atoms. The summed E-state index contributed by atoms with van der Waals surface area (Å²) in [6.45, 7) is 2.97. The van der Waals surface area contributed by atoms with E-state index in [4.69, 9.17) is 0 Å². The molecule has 0 saturated carbocycles. The van der Waals surface area contributed by atoms with E-state index in [9.17, 15) is 20.3 Å². The quantitative estimate of drug-likeness (QED) is 0.461. The van der Waals surface area contributed by atoms with Crippen molar-refractivity contribution in [2.24, 2.45) is 0 Å². The zero-order valence-corrected chi connectivity index (χ0v) is 9.54. The van der Waals surface area contributed by atoms with Crippen molar-refractivity contribution in [3.8, 4) is 11.8 Å². The van der Waals surface area contributed by atoms with Crippen LogP contribution in [-0.4, -0.2) is 20.7 Å². The first-order valence-electron chi connectivity index (χ1n) is 4.97. The first kappa shape index (κ1) is 13.2. The van der Waals surface area contributed by atoms with Gasteiger partial charge in [0, 0.05) is 12.1 Å². The Morgan fingerprint density at radius 3 is 2.65 bits per heavy atom. The average Bonchev–Trinajstić information content (AvgIpc) is 2.25. The van der Waals surface area contributed by atoms with Crippen LogP contribution in [0.25, 0.3) is 0 Å². The van der Waals surface area contributed by atoms with Gasteiger partial charge in [-0.25, -0.2) is 0 Å². The summed E-state index contributed by atoms with van der Waals surface area (Å²) in [5.74, 6) is 4.89. The molecule has 5 nitrogen and oxygen atoms in total. The van der Waals surface area contributed by atoms with Crippen molar-refractivity contribution in [1.29, 1.82) is 0 Å². The van der Waals surface area contributed by atoms with Crippen LogP contribution in [0.5, 0.6) is 0 Å². The van der Waals surface area contributed by atoms with Gasteiger partial charge in [0.25, 0.3) is 5.69 Å². The number of non-ortho nitro benzene ring substituents is 1. The molecule has 1 unspecified atom stereocenters. The van der Waals surface area contributed by atoms with Crippen molar-refractivity contribution in [3.63, 3.8) is 0 Å². The minimum atomic E-state index is -1.21. The van der Waals surface area contributed by atoms with Gasteiger partial charge in [-0.2, -0.15) is 0 Å². The number of aliphatic hydroxyl groups is 2. The number of rotatable bonds is 2. The Labute approximate surface area is 98.9 Å². The minimum Gasteiger partial charge on any atom is -0.378 e. The maximum Gasteiger partial charge on any atom is 0.269 e. The molecular weight excluding hydrogens is 222 g/mol. The fourth-order valence-electron chi connectivity index (χ4n) is 1.14. The van der Waals surface area contributed by atoms with E-state index in [1.54, 1.807) is 0 Å². The second-order valence-electron chi connectivity index (χ2n) is 4.08. The fraction of sp³-hybridized carbons (Fsp3) is 0.333. The van der Waals surface area contributed by atoms with E-state index >= 15 is 0 Å². The molecule has 5 heteroatoms. The van der Waals surface area contributed by atoms with Crippen LogP contribution in [0.2, 0.25) is 0 Å². The Balaban J connectivity index is 2.96. The molecule has 0 aliphatic heterocycles. The highest BCUT2D eigenvalue weighted by Gasteiger charge is 2.12. The Bertz CT molecular complexity index is 479. The molecule has 0 aliphatic rings.